The molecule has 0 aromatic carbocycles. The number of hydrogen-bond donors (Lipinski definition) is 2. The SMILES string of the molecule is CCCNC(=O)C(C)Nc1ncccc1OCC. The molecule has 5 heteroatoms. The third-order valence-electron chi connectivity index (χ3n) is 2.37. The lowest BCUT2D eigenvalue weighted by atomic mass is 10.3. The predicted molar refractivity (Wildman–Crippen MR) is 71.8 cm³/mol. The average Bonchev–Trinajstić information content (AvgIpc) is 2.38. The summed E-state index contributed by atoms with van der Waals surface area (Å²) in [6, 6.07) is 3.29. The number of hydrogen-bond acceptors (Lipinski definition) is 4. The van der Waals surface area contributed by atoms with Crippen LogP contribution in [0.1, 0.15) is 27.2 Å². The quantitative estimate of drug-likeness (QED) is 0.775. The molecule has 0 radical (unpaired) electrons. The highest BCUT2D eigenvalue weighted by Crippen LogP contribution is 2.21. The molecule has 0 bridgehead atoms. The number of ether oxygens (including phenoxy) is 1. The fourth-order valence-corrected chi connectivity index (χ4v) is 1.44. The van der Waals surface area contributed by atoms with Gasteiger partial charge in [-0.1, -0.05) is 6.92 Å². The van der Waals surface area contributed by atoms with Gasteiger partial charge in [-0.05, 0) is 32.4 Å². The number of carbonyl (C=O) groups is 1. The molecule has 1 aromatic heterocycles. The second-order valence-corrected chi connectivity index (χ2v) is 3.94. The number of amides is 1. The minimum atomic E-state index is -0.342. The maximum atomic E-state index is 11.7. The molecule has 1 rings (SSSR count). The lowest BCUT2D eigenvalue weighted by Gasteiger charge is -2.16. The zero-order chi connectivity index (χ0) is 13.4. The normalized spacial score (nSPS) is 11.7. The summed E-state index contributed by atoms with van der Waals surface area (Å²) < 4.78 is 5.44. The lowest BCUT2D eigenvalue weighted by Crippen LogP contribution is -2.38. The molecule has 0 spiro atoms. The molecule has 1 heterocycles. The van der Waals surface area contributed by atoms with E-state index in [9.17, 15) is 4.79 Å². The van der Waals surface area contributed by atoms with Gasteiger partial charge in [-0.3, -0.25) is 4.79 Å². The Kier molecular flexibility index (Phi) is 5.97. The van der Waals surface area contributed by atoms with Gasteiger partial charge in [0.25, 0.3) is 0 Å². The summed E-state index contributed by atoms with van der Waals surface area (Å²) in [7, 11) is 0. The Morgan fingerprint density at radius 1 is 1.50 bits per heavy atom. The Labute approximate surface area is 108 Å². The number of anilines is 1. The third kappa shape index (κ3) is 4.24. The van der Waals surface area contributed by atoms with Gasteiger partial charge in [0, 0.05) is 12.7 Å². The molecule has 0 aliphatic rings. The van der Waals surface area contributed by atoms with E-state index in [-0.39, 0.29) is 11.9 Å². The number of rotatable bonds is 7. The summed E-state index contributed by atoms with van der Waals surface area (Å²) in [6.07, 6.45) is 2.59. The van der Waals surface area contributed by atoms with Gasteiger partial charge in [-0.25, -0.2) is 4.98 Å². The van der Waals surface area contributed by atoms with Crippen molar-refractivity contribution in [3.8, 4) is 5.75 Å². The topological polar surface area (TPSA) is 63.2 Å². The van der Waals surface area contributed by atoms with Crippen molar-refractivity contribution in [1.29, 1.82) is 0 Å². The van der Waals surface area contributed by atoms with E-state index in [1.54, 1.807) is 19.2 Å². The standard InChI is InChI=1S/C13H21N3O2/c1-4-8-15-13(17)10(3)16-12-11(18-5-2)7-6-9-14-12/h6-7,9-10H,4-5,8H2,1-3H3,(H,14,16)(H,15,17). The van der Waals surface area contributed by atoms with Crippen LogP contribution in [0.3, 0.4) is 0 Å². The molecule has 0 fully saturated rings. The van der Waals surface area contributed by atoms with Crippen molar-refractivity contribution in [3.63, 3.8) is 0 Å². The van der Waals surface area contributed by atoms with Crippen LogP contribution in [-0.2, 0) is 4.79 Å². The van der Waals surface area contributed by atoms with E-state index in [4.69, 9.17) is 4.74 Å². The molecule has 5 nitrogen and oxygen atoms in total. The van der Waals surface area contributed by atoms with Gasteiger partial charge in [-0.2, -0.15) is 0 Å². The van der Waals surface area contributed by atoms with Crippen LogP contribution in [0.4, 0.5) is 5.82 Å². The van der Waals surface area contributed by atoms with Crippen LogP contribution in [-0.4, -0.2) is 30.1 Å². The summed E-state index contributed by atoms with van der Waals surface area (Å²) in [6.45, 7) is 6.98. The van der Waals surface area contributed by atoms with Crippen LogP contribution >= 0.6 is 0 Å². The number of nitrogens with one attached hydrogen (secondary N) is 2. The third-order valence-corrected chi connectivity index (χ3v) is 2.37. The van der Waals surface area contributed by atoms with Crippen molar-refractivity contribution in [2.24, 2.45) is 0 Å². The van der Waals surface area contributed by atoms with Crippen LogP contribution in [0.2, 0.25) is 0 Å². The van der Waals surface area contributed by atoms with Crippen molar-refractivity contribution in [2.75, 3.05) is 18.5 Å². The first kappa shape index (κ1) is 14.3. The molecule has 1 amide bonds. The van der Waals surface area contributed by atoms with E-state index in [1.165, 1.54) is 0 Å². The summed E-state index contributed by atoms with van der Waals surface area (Å²) >= 11 is 0. The highest BCUT2D eigenvalue weighted by Gasteiger charge is 2.14. The van der Waals surface area contributed by atoms with Gasteiger partial charge in [-0.15, -0.1) is 0 Å². The lowest BCUT2D eigenvalue weighted by molar-refractivity contribution is -0.121. The maximum absolute atomic E-state index is 11.7. The van der Waals surface area contributed by atoms with E-state index in [1.807, 2.05) is 19.9 Å². The number of aromatic nitrogens is 1. The van der Waals surface area contributed by atoms with Crippen molar-refractivity contribution in [2.45, 2.75) is 33.2 Å². The van der Waals surface area contributed by atoms with E-state index < -0.39 is 0 Å². The highest BCUT2D eigenvalue weighted by atomic mass is 16.5. The minimum absolute atomic E-state index is 0.0371. The molecule has 0 saturated carbocycles. The molecule has 2 N–H and O–H groups in total. The monoisotopic (exact) mass is 251 g/mol. The second kappa shape index (κ2) is 7.53. The maximum Gasteiger partial charge on any atom is 0.242 e. The molecule has 18 heavy (non-hydrogen) atoms. The Morgan fingerprint density at radius 2 is 2.28 bits per heavy atom. The minimum Gasteiger partial charge on any atom is -0.490 e. The van der Waals surface area contributed by atoms with E-state index >= 15 is 0 Å². The molecule has 0 aliphatic heterocycles. The predicted octanol–water partition coefficient (Wildman–Crippen LogP) is 1.81. The molecular formula is C13H21N3O2. The van der Waals surface area contributed by atoms with Gasteiger partial charge in [0.1, 0.15) is 6.04 Å². The van der Waals surface area contributed by atoms with Crippen LogP contribution in [0, 0.1) is 0 Å². The van der Waals surface area contributed by atoms with Gasteiger partial charge in [0.2, 0.25) is 5.91 Å². The zero-order valence-electron chi connectivity index (χ0n) is 11.2. The molecule has 0 aliphatic carbocycles. The van der Waals surface area contributed by atoms with Crippen molar-refractivity contribution < 1.29 is 9.53 Å². The Morgan fingerprint density at radius 3 is 2.94 bits per heavy atom. The van der Waals surface area contributed by atoms with Crippen LogP contribution in [0.5, 0.6) is 5.75 Å². The van der Waals surface area contributed by atoms with Gasteiger partial charge < -0.3 is 15.4 Å². The first-order chi connectivity index (χ1) is 8.69. The Balaban J connectivity index is 2.63. The summed E-state index contributed by atoms with van der Waals surface area (Å²) in [4.78, 5) is 15.9. The Bertz CT molecular complexity index is 382. The Hall–Kier alpha value is -1.78. The smallest absolute Gasteiger partial charge is 0.242 e. The average molecular weight is 251 g/mol. The summed E-state index contributed by atoms with van der Waals surface area (Å²) in [5.41, 5.74) is 0. The molecule has 1 aromatic rings. The van der Waals surface area contributed by atoms with Crippen molar-refractivity contribution in [3.05, 3.63) is 18.3 Å². The largest absolute Gasteiger partial charge is 0.490 e. The number of nitrogens with zero attached hydrogens (tertiary/aromatic N) is 1. The van der Waals surface area contributed by atoms with Crippen LogP contribution in [0.15, 0.2) is 18.3 Å². The molecule has 0 saturated heterocycles. The van der Waals surface area contributed by atoms with E-state index in [0.29, 0.717) is 24.7 Å². The molecular weight excluding hydrogens is 230 g/mol. The first-order valence-corrected chi connectivity index (χ1v) is 6.31. The zero-order valence-corrected chi connectivity index (χ0v) is 11.2. The fourth-order valence-electron chi connectivity index (χ4n) is 1.44. The van der Waals surface area contributed by atoms with Gasteiger partial charge in [0.15, 0.2) is 11.6 Å². The number of carbonyl (C=O) groups excluding carboxylic acids is 1. The van der Waals surface area contributed by atoms with Gasteiger partial charge in [0.05, 0.1) is 6.61 Å². The molecule has 100 valence electrons. The highest BCUT2D eigenvalue weighted by molar-refractivity contribution is 5.84. The molecule has 1 atom stereocenters. The van der Waals surface area contributed by atoms with Gasteiger partial charge >= 0.3 is 0 Å². The fraction of sp³-hybridized carbons (Fsp3) is 0.538. The van der Waals surface area contributed by atoms with Crippen molar-refractivity contribution >= 4 is 11.7 Å². The van der Waals surface area contributed by atoms with Crippen molar-refractivity contribution in [1.82, 2.24) is 10.3 Å². The number of pyridine rings is 1. The summed E-state index contributed by atoms with van der Waals surface area (Å²) in [5.74, 6) is 1.22. The van der Waals surface area contributed by atoms with E-state index in [2.05, 4.69) is 15.6 Å². The molecule has 1 unspecified atom stereocenters. The summed E-state index contributed by atoms with van der Waals surface area (Å²) in [5, 5.41) is 5.89. The first-order valence-electron chi connectivity index (χ1n) is 6.31. The van der Waals surface area contributed by atoms with Crippen LogP contribution in [0.25, 0.3) is 0 Å². The van der Waals surface area contributed by atoms with Crippen LogP contribution < -0.4 is 15.4 Å². The van der Waals surface area contributed by atoms with E-state index in [0.717, 1.165) is 6.42 Å². The second-order valence-electron chi connectivity index (χ2n) is 3.94.